The van der Waals surface area contributed by atoms with Gasteiger partial charge in [0, 0.05) is 37.8 Å². The number of piperazine rings is 1. The summed E-state index contributed by atoms with van der Waals surface area (Å²) in [6.45, 7) is 5.94. The lowest BCUT2D eigenvalue weighted by atomic mass is 10.2. The van der Waals surface area contributed by atoms with Crippen LogP contribution in [0.5, 0.6) is 5.75 Å². The number of thioether (sulfide) groups is 1. The van der Waals surface area contributed by atoms with Crippen molar-refractivity contribution in [3.63, 3.8) is 0 Å². The summed E-state index contributed by atoms with van der Waals surface area (Å²) in [5, 5.41) is 3.26. The molecule has 0 aliphatic carbocycles. The van der Waals surface area contributed by atoms with Crippen LogP contribution >= 0.6 is 11.8 Å². The van der Waals surface area contributed by atoms with Crippen molar-refractivity contribution >= 4 is 23.4 Å². The number of carbonyl (C=O) groups is 1. The van der Waals surface area contributed by atoms with Crippen LogP contribution in [-0.4, -0.2) is 61.3 Å². The van der Waals surface area contributed by atoms with Gasteiger partial charge in [0.1, 0.15) is 5.75 Å². The number of nitrogens with zero attached hydrogens (tertiary/aromatic N) is 2. The molecule has 2 saturated heterocycles. The molecule has 2 heterocycles. The van der Waals surface area contributed by atoms with Gasteiger partial charge in [-0.25, -0.2) is 0 Å². The van der Waals surface area contributed by atoms with Gasteiger partial charge < -0.3 is 14.5 Å². The van der Waals surface area contributed by atoms with E-state index in [0.29, 0.717) is 6.61 Å². The zero-order valence-electron chi connectivity index (χ0n) is 13.0. The second kappa shape index (κ2) is 7.24. The standard InChI is InChI=1S/C16H23N3O2S/c1-2-21-15-6-4-3-5-14(15)18-7-9-19(10-8-18)16(20)13-11-22-12-17-13/h3-6,13,17H,2,7-12H2,1H3/t13-/m1/s1. The molecular weight excluding hydrogens is 298 g/mol. The van der Waals surface area contributed by atoms with Crippen molar-refractivity contribution in [2.45, 2.75) is 13.0 Å². The largest absolute Gasteiger partial charge is 0.492 e. The molecule has 0 spiro atoms. The lowest BCUT2D eigenvalue weighted by Gasteiger charge is -2.37. The summed E-state index contributed by atoms with van der Waals surface area (Å²) in [5.74, 6) is 2.96. The Morgan fingerprint density at radius 2 is 2.09 bits per heavy atom. The van der Waals surface area contributed by atoms with E-state index >= 15 is 0 Å². The van der Waals surface area contributed by atoms with Crippen molar-refractivity contribution in [1.82, 2.24) is 10.2 Å². The maximum Gasteiger partial charge on any atom is 0.240 e. The molecule has 0 unspecified atom stereocenters. The summed E-state index contributed by atoms with van der Waals surface area (Å²) in [7, 11) is 0. The molecule has 0 radical (unpaired) electrons. The van der Waals surface area contributed by atoms with Gasteiger partial charge in [0.2, 0.25) is 5.91 Å². The number of nitrogens with one attached hydrogen (secondary N) is 1. The number of anilines is 1. The van der Waals surface area contributed by atoms with E-state index in [0.717, 1.165) is 49.2 Å². The fourth-order valence-electron chi connectivity index (χ4n) is 2.94. The summed E-state index contributed by atoms with van der Waals surface area (Å²) in [6.07, 6.45) is 0. The molecule has 1 aromatic carbocycles. The summed E-state index contributed by atoms with van der Waals surface area (Å²) in [6, 6.07) is 8.15. The molecule has 2 fully saturated rings. The quantitative estimate of drug-likeness (QED) is 0.908. The van der Waals surface area contributed by atoms with Gasteiger partial charge >= 0.3 is 0 Å². The molecule has 1 N–H and O–H groups in total. The minimum atomic E-state index is 0.00672. The first-order chi connectivity index (χ1) is 10.8. The van der Waals surface area contributed by atoms with Crippen LogP contribution < -0.4 is 15.0 Å². The van der Waals surface area contributed by atoms with Crippen molar-refractivity contribution in [3.05, 3.63) is 24.3 Å². The van der Waals surface area contributed by atoms with Gasteiger partial charge in [0.15, 0.2) is 0 Å². The van der Waals surface area contributed by atoms with Gasteiger partial charge in [-0.05, 0) is 19.1 Å². The Labute approximate surface area is 136 Å². The molecule has 1 atom stereocenters. The van der Waals surface area contributed by atoms with Gasteiger partial charge in [-0.1, -0.05) is 12.1 Å². The van der Waals surface area contributed by atoms with Gasteiger partial charge in [0.05, 0.1) is 18.3 Å². The highest BCUT2D eigenvalue weighted by Crippen LogP contribution is 2.29. The first-order valence-electron chi connectivity index (χ1n) is 7.86. The van der Waals surface area contributed by atoms with Gasteiger partial charge in [-0.2, -0.15) is 0 Å². The fraction of sp³-hybridized carbons (Fsp3) is 0.562. The SMILES string of the molecule is CCOc1ccccc1N1CCN(C(=O)[C@H]2CSCN2)CC1. The van der Waals surface area contributed by atoms with Gasteiger partial charge in [0.25, 0.3) is 0 Å². The van der Waals surface area contributed by atoms with Crippen LogP contribution in [0.3, 0.4) is 0 Å². The zero-order valence-corrected chi connectivity index (χ0v) is 13.8. The van der Waals surface area contributed by atoms with E-state index in [2.05, 4.69) is 16.3 Å². The summed E-state index contributed by atoms with van der Waals surface area (Å²) in [4.78, 5) is 16.7. The first kappa shape index (κ1) is 15.5. The van der Waals surface area contributed by atoms with Gasteiger partial charge in [-0.3, -0.25) is 10.1 Å². The molecule has 3 rings (SSSR count). The summed E-state index contributed by atoms with van der Waals surface area (Å²) >= 11 is 1.79. The van der Waals surface area contributed by atoms with Crippen LogP contribution in [0.25, 0.3) is 0 Å². The van der Waals surface area contributed by atoms with Crippen LogP contribution in [0.1, 0.15) is 6.92 Å². The van der Waals surface area contributed by atoms with Crippen molar-refractivity contribution in [3.8, 4) is 5.75 Å². The minimum absolute atomic E-state index is 0.00672. The van der Waals surface area contributed by atoms with Gasteiger partial charge in [-0.15, -0.1) is 11.8 Å². The molecule has 22 heavy (non-hydrogen) atoms. The fourth-order valence-corrected chi connectivity index (χ4v) is 3.87. The van der Waals surface area contributed by atoms with E-state index < -0.39 is 0 Å². The predicted molar refractivity (Wildman–Crippen MR) is 90.7 cm³/mol. The van der Waals surface area contributed by atoms with Crippen molar-refractivity contribution < 1.29 is 9.53 Å². The van der Waals surface area contributed by atoms with E-state index in [1.165, 1.54) is 0 Å². The Morgan fingerprint density at radius 3 is 2.77 bits per heavy atom. The Bertz CT molecular complexity index is 512. The van der Waals surface area contributed by atoms with E-state index in [4.69, 9.17) is 4.74 Å². The molecule has 0 bridgehead atoms. The van der Waals surface area contributed by atoms with E-state index in [-0.39, 0.29) is 11.9 Å². The first-order valence-corrected chi connectivity index (χ1v) is 9.01. The third-order valence-corrected chi connectivity index (χ3v) is 5.05. The monoisotopic (exact) mass is 321 g/mol. The number of ether oxygens (including phenoxy) is 1. The normalized spacial score (nSPS) is 22.0. The smallest absolute Gasteiger partial charge is 0.240 e. The number of hydrogen-bond donors (Lipinski definition) is 1. The summed E-state index contributed by atoms with van der Waals surface area (Å²) < 4.78 is 5.71. The summed E-state index contributed by atoms with van der Waals surface area (Å²) in [5.41, 5.74) is 1.13. The highest BCUT2D eigenvalue weighted by Gasteiger charge is 2.29. The number of amides is 1. The van der Waals surface area contributed by atoms with E-state index in [1.807, 2.05) is 30.0 Å². The van der Waals surface area contributed by atoms with Crippen LogP contribution in [-0.2, 0) is 4.79 Å². The Hall–Kier alpha value is -1.40. The number of hydrogen-bond acceptors (Lipinski definition) is 5. The molecule has 0 saturated carbocycles. The van der Waals surface area contributed by atoms with Crippen molar-refractivity contribution in [2.75, 3.05) is 49.3 Å². The van der Waals surface area contributed by atoms with E-state index in [9.17, 15) is 4.79 Å². The van der Waals surface area contributed by atoms with E-state index in [1.54, 1.807) is 11.8 Å². The Kier molecular flexibility index (Phi) is 5.10. The second-order valence-corrected chi connectivity index (χ2v) is 6.52. The average Bonchev–Trinajstić information content (AvgIpc) is 3.10. The van der Waals surface area contributed by atoms with Crippen LogP contribution in [0, 0.1) is 0 Å². The highest BCUT2D eigenvalue weighted by molar-refractivity contribution is 7.99. The third kappa shape index (κ3) is 3.33. The minimum Gasteiger partial charge on any atom is -0.492 e. The van der Waals surface area contributed by atoms with Crippen LogP contribution in [0.2, 0.25) is 0 Å². The Morgan fingerprint density at radius 1 is 1.32 bits per heavy atom. The predicted octanol–water partition coefficient (Wildman–Crippen LogP) is 1.40. The van der Waals surface area contributed by atoms with Crippen LogP contribution in [0.15, 0.2) is 24.3 Å². The molecular formula is C16H23N3O2S. The topological polar surface area (TPSA) is 44.8 Å². The average molecular weight is 321 g/mol. The number of para-hydroxylation sites is 2. The lowest BCUT2D eigenvalue weighted by molar-refractivity contribution is -0.132. The van der Waals surface area contributed by atoms with Crippen LogP contribution in [0.4, 0.5) is 5.69 Å². The molecule has 2 aliphatic heterocycles. The molecule has 120 valence electrons. The number of rotatable bonds is 4. The molecule has 1 aromatic rings. The van der Waals surface area contributed by atoms with Crippen molar-refractivity contribution in [1.29, 1.82) is 0 Å². The molecule has 6 heteroatoms. The third-order valence-electron chi connectivity index (χ3n) is 4.11. The zero-order chi connectivity index (χ0) is 15.4. The molecule has 1 amide bonds. The maximum atomic E-state index is 12.4. The molecule has 0 aromatic heterocycles. The number of benzene rings is 1. The Balaban J connectivity index is 1.60. The molecule has 5 nitrogen and oxygen atoms in total. The van der Waals surface area contributed by atoms with Crippen molar-refractivity contribution in [2.24, 2.45) is 0 Å². The molecule has 2 aliphatic rings. The number of carbonyl (C=O) groups excluding carboxylic acids is 1. The highest BCUT2D eigenvalue weighted by atomic mass is 32.2. The maximum absolute atomic E-state index is 12.4. The lowest BCUT2D eigenvalue weighted by Crippen LogP contribution is -2.53. The second-order valence-electron chi connectivity index (χ2n) is 5.48.